The van der Waals surface area contributed by atoms with Gasteiger partial charge in [0.1, 0.15) is 0 Å². The molecule has 4 nitrogen and oxygen atoms in total. The smallest absolute Gasteiger partial charge is 0.226 e. The average Bonchev–Trinajstić information content (AvgIpc) is 3.00. The fourth-order valence-electron chi connectivity index (χ4n) is 2.28. The molecule has 1 aromatic carbocycles. The molecule has 0 aliphatic rings. The maximum atomic E-state index is 11.8. The molecule has 0 atom stereocenters. The monoisotopic (exact) mass is 377 g/mol. The summed E-state index contributed by atoms with van der Waals surface area (Å²) in [6.45, 7) is 8.78. The zero-order valence-corrected chi connectivity index (χ0v) is 17.1. The van der Waals surface area contributed by atoms with Gasteiger partial charge >= 0.3 is 0 Å². The molecule has 2 rings (SSSR count). The van der Waals surface area contributed by atoms with Crippen LogP contribution in [-0.2, 0) is 16.0 Å². The lowest BCUT2D eigenvalue weighted by Gasteiger charge is -2.19. The molecular weight excluding hydrogens is 350 g/mol. The number of anilines is 1. The molecule has 0 spiro atoms. The molecule has 136 valence electrons. The SMILES string of the molecule is CCCCCC(=O)Nc1nnc(SCc2ccc(C(C)(C)C)cc2)s1. The molecule has 1 amide bonds. The first kappa shape index (κ1) is 19.9. The van der Waals surface area contributed by atoms with Crippen LogP contribution >= 0.6 is 23.1 Å². The molecule has 25 heavy (non-hydrogen) atoms. The molecule has 2 aromatic rings. The lowest BCUT2D eigenvalue weighted by molar-refractivity contribution is -0.116. The standard InChI is InChI=1S/C19H27N3OS2/c1-5-6-7-8-16(23)20-17-21-22-18(25-17)24-13-14-9-11-15(12-10-14)19(2,3)4/h9-12H,5-8,13H2,1-4H3,(H,20,21,23). The van der Waals surface area contributed by atoms with Gasteiger partial charge in [-0.15, -0.1) is 10.2 Å². The van der Waals surface area contributed by atoms with Crippen molar-refractivity contribution in [2.75, 3.05) is 5.32 Å². The van der Waals surface area contributed by atoms with E-state index in [-0.39, 0.29) is 11.3 Å². The van der Waals surface area contributed by atoms with Crippen molar-refractivity contribution in [2.45, 2.75) is 68.9 Å². The topological polar surface area (TPSA) is 54.9 Å². The molecule has 1 N–H and O–H groups in total. The first-order chi connectivity index (χ1) is 11.9. The van der Waals surface area contributed by atoms with Crippen molar-refractivity contribution in [3.63, 3.8) is 0 Å². The van der Waals surface area contributed by atoms with Gasteiger partial charge in [0.05, 0.1) is 0 Å². The summed E-state index contributed by atoms with van der Waals surface area (Å²) in [5, 5.41) is 11.6. The van der Waals surface area contributed by atoms with Crippen LogP contribution in [0.5, 0.6) is 0 Å². The first-order valence-corrected chi connectivity index (χ1v) is 10.5. The fourth-order valence-corrected chi connectivity index (χ4v) is 4.01. The second-order valence-corrected chi connectivity index (χ2v) is 9.31. The maximum Gasteiger partial charge on any atom is 0.226 e. The van der Waals surface area contributed by atoms with Gasteiger partial charge < -0.3 is 5.32 Å². The van der Waals surface area contributed by atoms with Gasteiger partial charge in [0.2, 0.25) is 11.0 Å². The molecule has 0 radical (unpaired) electrons. The minimum Gasteiger partial charge on any atom is -0.301 e. The predicted octanol–water partition coefficient (Wildman–Crippen LogP) is 5.65. The van der Waals surface area contributed by atoms with Gasteiger partial charge in [0, 0.05) is 12.2 Å². The number of carbonyl (C=O) groups is 1. The van der Waals surface area contributed by atoms with Gasteiger partial charge in [0.15, 0.2) is 4.34 Å². The van der Waals surface area contributed by atoms with Crippen molar-refractivity contribution in [1.29, 1.82) is 0 Å². The Balaban J connectivity index is 1.82. The zero-order valence-electron chi connectivity index (χ0n) is 15.5. The molecule has 1 heterocycles. The third kappa shape index (κ3) is 6.78. The summed E-state index contributed by atoms with van der Waals surface area (Å²) in [5.41, 5.74) is 2.78. The second-order valence-electron chi connectivity index (χ2n) is 7.11. The molecule has 0 saturated heterocycles. The average molecular weight is 378 g/mol. The predicted molar refractivity (Wildman–Crippen MR) is 107 cm³/mol. The summed E-state index contributed by atoms with van der Waals surface area (Å²) >= 11 is 3.09. The number of amides is 1. The van der Waals surface area contributed by atoms with E-state index in [0.717, 1.165) is 29.4 Å². The van der Waals surface area contributed by atoms with Gasteiger partial charge in [-0.3, -0.25) is 4.79 Å². The van der Waals surface area contributed by atoms with Gasteiger partial charge in [0.25, 0.3) is 0 Å². The van der Waals surface area contributed by atoms with E-state index in [1.165, 1.54) is 22.5 Å². The number of benzene rings is 1. The summed E-state index contributed by atoms with van der Waals surface area (Å²) in [7, 11) is 0. The number of carbonyl (C=O) groups excluding carboxylic acids is 1. The highest BCUT2D eigenvalue weighted by Crippen LogP contribution is 2.29. The molecule has 6 heteroatoms. The molecule has 0 bridgehead atoms. The summed E-state index contributed by atoms with van der Waals surface area (Å²) in [5.74, 6) is 0.877. The first-order valence-electron chi connectivity index (χ1n) is 8.74. The van der Waals surface area contributed by atoms with E-state index in [0.29, 0.717) is 11.6 Å². The minimum atomic E-state index is 0.0268. The maximum absolute atomic E-state index is 11.8. The van der Waals surface area contributed by atoms with Gasteiger partial charge in [-0.1, -0.05) is 87.9 Å². The van der Waals surface area contributed by atoms with Crippen LogP contribution in [0.4, 0.5) is 5.13 Å². The summed E-state index contributed by atoms with van der Waals surface area (Å²) in [6, 6.07) is 8.73. The van der Waals surface area contributed by atoms with Crippen LogP contribution in [0, 0.1) is 0 Å². The lowest BCUT2D eigenvalue weighted by Crippen LogP contribution is -2.10. The highest BCUT2D eigenvalue weighted by atomic mass is 32.2. The Morgan fingerprint density at radius 3 is 2.52 bits per heavy atom. The molecule has 0 aliphatic heterocycles. The van der Waals surface area contributed by atoms with E-state index in [2.05, 4.69) is 67.5 Å². The van der Waals surface area contributed by atoms with Crippen LogP contribution in [0.3, 0.4) is 0 Å². The molecule has 0 saturated carbocycles. The van der Waals surface area contributed by atoms with E-state index in [4.69, 9.17) is 0 Å². The van der Waals surface area contributed by atoms with Gasteiger partial charge in [-0.25, -0.2) is 0 Å². The van der Waals surface area contributed by atoms with E-state index in [1.54, 1.807) is 11.8 Å². The van der Waals surface area contributed by atoms with E-state index < -0.39 is 0 Å². The van der Waals surface area contributed by atoms with Gasteiger partial charge in [-0.05, 0) is 23.0 Å². The summed E-state index contributed by atoms with van der Waals surface area (Å²) in [6.07, 6.45) is 3.67. The number of nitrogens with zero attached hydrogens (tertiary/aromatic N) is 2. The van der Waals surface area contributed by atoms with Crippen molar-refractivity contribution >= 4 is 34.1 Å². The molecular formula is C19H27N3OS2. The Morgan fingerprint density at radius 1 is 1.16 bits per heavy atom. The number of hydrogen-bond donors (Lipinski definition) is 1. The van der Waals surface area contributed by atoms with Crippen molar-refractivity contribution in [3.05, 3.63) is 35.4 Å². The van der Waals surface area contributed by atoms with Crippen LogP contribution in [-0.4, -0.2) is 16.1 Å². The Labute approximate surface area is 158 Å². The zero-order chi connectivity index (χ0) is 18.3. The quantitative estimate of drug-likeness (QED) is 0.367. The minimum absolute atomic E-state index is 0.0268. The number of aromatic nitrogens is 2. The molecule has 0 fully saturated rings. The lowest BCUT2D eigenvalue weighted by atomic mass is 9.87. The van der Waals surface area contributed by atoms with Crippen LogP contribution in [0.25, 0.3) is 0 Å². The Kier molecular flexibility index (Phi) is 7.44. The van der Waals surface area contributed by atoms with E-state index in [1.807, 2.05) is 0 Å². The van der Waals surface area contributed by atoms with Crippen LogP contribution < -0.4 is 5.32 Å². The number of rotatable bonds is 8. The highest BCUT2D eigenvalue weighted by molar-refractivity contribution is 8.00. The Hall–Kier alpha value is -1.40. The molecule has 0 unspecified atom stereocenters. The number of hydrogen-bond acceptors (Lipinski definition) is 5. The normalized spacial score (nSPS) is 11.5. The van der Waals surface area contributed by atoms with Crippen molar-refractivity contribution < 1.29 is 4.79 Å². The molecule has 0 aliphatic carbocycles. The molecule has 1 aromatic heterocycles. The number of unbranched alkanes of at least 4 members (excludes halogenated alkanes) is 2. The Bertz CT molecular complexity index is 675. The van der Waals surface area contributed by atoms with Crippen molar-refractivity contribution in [1.82, 2.24) is 10.2 Å². The van der Waals surface area contributed by atoms with E-state index in [9.17, 15) is 4.79 Å². The van der Waals surface area contributed by atoms with Crippen molar-refractivity contribution in [2.24, 2.45) is 0 Å². The fraction of sp³-hybridized carbons (Fsp3) is 0.526. The highest BCUT2D eigenvalue weighted by Gasteiger charge is 2.13. The van der Waals surface area contributed by atoms with Crippen LogP contribution in [0.2, 0.25) is 0 Å². The van der Waals surface area contributed by atoms with Gasteiger partial charge in [-0.2, -0.15) is 0 Å². The van der Waals surface area contributed by atoms with Crippen LogP contribution in [0.1, 0.15) is 64.5 Å². The van der Waals surface area contributed by atoms with Crippen molar-refractivity contribution in [3.8, 4) is 0 Å². The number of thioether (sulfide) groups is 1. The van der Waals surface area contributed by atoms with Crippen LogP contribution in [0.15, 0.2) is 28.6 Å². The third-order valence-corrected chi connectivity index (χ3v) is 5.89. The summed E-state index contributed by atoms with van der Waals surface area (Å²) < 4.78 is 0.878. The summed E-state index contributed by atoms with van der Waals surface area (Å²) in [4.78, 5) is 11.8. The number of nitrogens with one attached hydrogen (secondary N) is 1. The Morgan fingerprint density at radius 2 is 1.88 bits per heavy atom. The largest absolute Gasteiger partial charge is 0.301 e. The second kappa shape index (κ2) is 9.34. The third-order valence-electron chi connectivity index (χ3n) is 3.84. The van der Waals surface area contributed by atoms with E-state index >= 15 is 0 Å².